The van der Waals surface area contributed by atoms with Gasteiger partial charge >= 0.3 is 0 Å². The summed E-state index contributed by atoms with van der Waals surface area (Å²) in [5, 5.41) is 6.33. The van der Waals surface area contributed by atoms with Gasteiger partial charge in [0.25, 0.3) is 5.91 Å². The van der Waals surface area contributed by atoms with E-state index >= 15 is 0 Å². The largest absolute Gasteiger partial charge is 0.385 e. The first-order valence-electron chi connectivity index (χ1n) is 7.49. The van der Waals surface area contributed by atoms with Gasteiger partial charge in [0.2, 0.25) is 0 Å². The number of hydrogen-bond acceptors (Lipinski definition) is 3. The Kier molecular flexibility index (Phi) is 5.87. The quantitative estimate of drug-likeness (QED) is 0.840. The van der Waals surface area contributed by atoms with Crippen LogP contribution in [0.3, 0.4) is 0 Å². The summed E-state index contributed by atoms with van der Waals surface area (Å²) in [6.45, 7) is 5.45. The second-order valence-electron chi connectivity index (χ2n) is 5.27. The van der Waals surface area contributed by atoms with Gasteiger partial charge in [-0.2, -0.15) is 0 Å². The van der Waals surface area contributed by atoms with Crippen LogP contribution in [0.25, 0.3) is 0 Å². The predicted octanol–water partition coefficient (Wildman–Crippen LogP) is 2.66. The van der Waals surface area contributed by atoms with Crippen LogP contribution in [-0.2, 0) is 4.74 Å². The fraction of sp³-hybridized carbons (Fsp3) is 0.562. The number of amides is 1. The summed E-state index contributed by atoms with van der Waals surface area (Å²) in [6.07, 6.45) is 3.18. The summed E-state index contributed by atoms with van der Waals surface area (Å²) in [5.74, 6) is 0.669. The SMILES string of the molecule is CCCNC(=O)c1cccc(NCC2CCOCC2)c1. The molecule has 1 heterocycles. The molecule has 1 aliphatic heterocycles. The zero-order chi connectivity index (χ0) is 14.2. The number of anilines is 1. The third-order valence-electron chi connectivity index (χ3n) is 3.60. The Morgan fingerprint density at radius 2 is 2.15 bits per heavy atom. The molecule has 20 heavy (non-hydrogen) atoms. The standard InChI is InChI=1S/C16H24N2O2/c1-2-8-17-16(19)14-4-3-5-15(11-14)18-12-13-6-9-20-10-7-13/h3-5,11,13,18H,2,6-10,12H2,1H3,(H,17,19). The fourth-order valence-electron chi connectivity index (χ4n) is 2.32. The lowest BCUT2D eigenvalue weighted by Gasteiger charge is -2.22. The minimum atomic E-state index is 0.00145. The molecule has 1 aliphatic rings. The molecule has 0 aliphatic carbocycles. The van der Waals surface area contributed by atoms with Crippen molar-refractivity contribution in [2.24, 2.45) is 5.92 Å². The maximum atomic E-state index is 11.9. The van der Waals surface area contributed by atoms with Gasteiger partial charge in [0.05, 0.1) is 0 Å². The van der Waals surface area contributed by atoms with Crippen LogP contribution in [0, 0.1) is 5.92 Å². The highest BCUT2D eigenvalue weighted by atomic mass is 16.5. The van der Waals surface area contributed by atoms with Gasteiger partial charge in [0, 0.05) is 37.6 Å². The van der Waals surface area contributed by atoms with E-state index in [1.165, 1.54) is 0 Å². The molecule has 1 fully saturated rings. The summed E-state index contributed by atoms with van der Waals surface area (Å²) in [7, 11) is 0. The zero-order valence-corrected chi connectivity index (χ0v) is 12.2. The van der Waals surface area contributed by atoms with E-state index < -0.39 is 0 Å². The highest BCUT2D eigenvalue weighted by Gasteiger charge is 2.13. The number of nitrogens with one attached hydrogen (secondary N) is 2. The first-order chi connectivity index (χ1) is 9.79. The molecule has 0 saturated carbocycles. The molecule has 0 bridgehead atoms. The molecule has 2 rings (SSSR count). The van der Waals surface area contributed by atoms with Gasteiger partial charge in [-0.25, -0.2) is 0 Å². The second-order valence-corrected chi connectivity index (χ2v) is 5.27. The van der Waals surface area contributed by atoms with Crippen LogP contribution < -0.4 is 10.6 Å². The van der Waals surface area contributed by atoms with Gasteiger partial charge in [-0.15, -0.1) is 0 Å². The van der Waals surface area contributed by atoms with Gasteiger partial charge in [-0.3, -0.25) is 4.79 Å². The molecule has 0 spiro atoms. The van der Waals surface area contributed by atoms with Crippen molar-refractivity contribution in [2.45, 2.75) is 26.2 Å². The molecule has 1 aromatic carbocycles. The summed E-state index contributed by atoms with van der Waals surface area (Å²) in [4.78, 5) is 11.9. The van der Waals surface area contributed by atoms with Gasteiger partial charge in [-0.1, -0.05) is 13.0 Å². The Morgan fingerprint density at radius 1 is 1.35 bits per heavy atom. The molecule has 1 saturated heterocycles. The van der Waals surface area contributed by atoms with Crippen molar-refractivity contribution in [1.29, 1.82) is 0 Å². The molecule has 4 nitrogen and oxygen atoms in total. The van der Waals surface area contributed by atoms with E-state index in [-0.39, 0.29) is 5.91 Å². The smallest absolute Gasteiger partial charge is 0.251 e. The highest BCUT2D eigenvalue weighted by Crippen LogP contribution is 2.17. The summed E-state index contributed by atoms with van der Waals surface area (Å²) in [5.41, 5.74) is 1.73. The molecule has 110 valence electrons. The third-order valence-corrected chi connectivity index (χ3v) is 3.60. The topological polar surface area (TPSA) is 50.4 Å². The number of rotatable bonds is 6. The fourth-order valence-corrected chi connectivity index (χ4v) is 2.32. The van der Waals surface area contributed by atoms with Crippen molar-refractivity contribution in [1.82, 2.24) is 5.32 Å². The number of hydrogen-bond donors (Lipinski definition) is 2. The molecule has 2 N–H and O–H groups in total. The molecule has 4 heteroatoms. The van der Waals surface area contributed by atoms with Gasteiger partial charge in [0.15, 0.2) is 0 Å². The first kappa shape index (κ1) is 14.9. The van der Waals surface area contributed by atoms with Crippen LogP contribution in [0.5, 0.6) is 0 Å². The van der Waals surface area contributed by atoms with Crippen LogP contribution in [0.2, 0.25) is 0 Å². The number of ether oxygens (including phenoxy) is 1. The molecular weight excluding hydrogens is 252 g/mol. The zero-order valence-electron chi connectivity index (χ0n) is 12.2. The van der Waals surface area contributed by atoms with Crippen molar-refractivity contribution >= 4 is 11.6 Å². The summed E-state index contributed by atoms with van der Waals surface area (Å²) < 4.78 is 5.36. The predicted molar refractivity (Wildman–Crippen MR) is 81.1 cm³/mol. The normalized spacial score (nSPS) is 15.8. The Labute approximate surface area is 120 Å². The van der Waals surface area contributed by atoms with E-state index in [4.69, 9.17) is 4.74 Å². The van der Waals surface area contributed by atoms with E-state index in [1.807, 2.05) is 31.2 Å². The van der Waals surface area contributed by atoms with Crippen LogP contribution >= 0.6 is 0 Å². The molecule has 1 amide bonds. The lowest BCUT2D eigenvalue weighted by Crippen LogP contribution is -2.24. The molecule has 0 aromatic heterocycles. The minimum absolute atomic E-state index is 0.00145. The van der Waals surface area contributed by atoms with Crippen molar-refractivity contribution < 1.29 is 9.53 Å². The second kappa shape index (κ2) is 7.90. The van der Waals surface area contributed by atoms with Gasteiger partial charge < -0.3 is 15.4 Å². The number of carbonyl (C=O) groups is 1. The van der Waals surface area contributed by atoms with E-state index in [2.05, 4.69) is 10.6 Å². The van der Waals surface area contributed by atoms with Crippen LogP contribution in [0.15, 0.2) is 24.3 Å². The molecule has 0 radical (unpaired) electrons. The average Bonchev–Trinajstić information content (AvgIpc) is 2.52. The van der Waals surface area contributed by atoms with E-state index in [9.17, 15) is 4.79 Å². The van der Waals surface area contributed by atoms with Gasteiger partial charge in [0.1, 0.15) is 0 Å². The van der Waals surface area contributed by atoms with E-state index in [0.29, 0.717) is 5.92 Å². The number of benzene rings is 1. The Morgan fingerprint density at radius 3 is 2.90 bits per heavy atom. The molecule has 0 atom stereocenters. The van der Waals surface area contributed by atoms with Crippen molar-refractivity contribution in [3.8, 4) is 0 Å². The lowest BCUT2D eigenvalue weighted by atomic mass is 10.0. The molecule has 1 aromatic rings. The van der Waals surface area contributed by atoms with Crippen LogP contribution in [0.4, 0.5) is 5.69 Å². The minimum Gasteiger partial charge on any atom is -0.385 e. The third kappa shape index (κ3) is 4.53. The molecule has 0 unspecified atom stereocenters. The van der Waals surface area contributed by atoms with Crippen LogP contribution in [-0.4, -0.2) is 32.2 Å². The maximum Gasteiger partial charge on any atom is 0.251 e. The Hall–Kier alpha value is -1.55. The summed E-state index contributed by atoms with van der Waals surface area (Å²) >= 11 is 0. The maximum absolute atomic E-state index is 11.9. The average molecular weight is 276 g/mol. The van der Waals surface area contributed by atoms with Crippen molar-refractivity contribution in [3.05, 3.63) is 29.8 Å². The van der Waals surface area contributed by atoms with Crippen LogP contribution in [0.1, 0.15) is 36.5 Å². The Bertz CT molecular complexity index is 428. The van der Waals surface area contributed by atoms with Crippen molar-refractivity contribution in [2.75, 3.05) is 31.6 Å². The Balaban J connectivity index is 1.86. The van der Waals surface area contributed by atoms with Gasteiger partial charge in [-0.05, 0) is 43.4 Å². The lowest BCUT2D eigenvalue weighted by molar-refractivity contribution is 0.0699. The monoisotopic (exact) mass is 276 g/mol. The highest BCUT2D eigenvalue weighted by molar-refractivity contribution is 5.95. The van der Waals surface area contributed by atoms with Crippen molar-refractivity contribution in [3.63, 3.8) is 0 Å². The summed E-state index contributed by atoms with van der Waals surface area (Å²) in [6, 6.07) is 7.71. The molecular formula is C16H24N2O2. The van der Waals surface area contributed by atoms with E-state index in [1.54, 1.807) is 0 Å². The number of carbonyl (C=O) groups excluding carboxylic acids is 1. The van der Waals surface area contributed by atoms with E-state index in [0.717, 1.165) is 56.8 Å². The first-order valence-corrected chi connectivity index (χ1v) is 7.49.